The van der Waals surface area contributed by atoms with Gasteiger partial charge in [-0.05, 0) is 30.6 Å². The lowest BCUT2D eigenvalue weighted by atomic mass is 9.68. The van der Waals surface area contributed by atoms with E-state index in [4.69, 9.17) is 11.6 Å². The zero-order valence-corrected chi connectivity index (χ0v) is 12.7. The second-order valence-electron chi connectivity index (χ2n) is 6.85. The van der Waals surface area contributed by atoms with Crippen LogP contribution in [0.15, 0.2) is 0 Å². The highest BCUT2D eigenvalue weighted by atomic mass is 35.5. The van der Waals surface area contributed by atoms with Crippen LogP contribution in [0, 0.1) is 17.3 Å². The average molecular weight is 272 g/mol. The molecule has 3 atom stereocenters. The Labute approximate surface area is 116 Å². The summed E-state index contributed by atoms with van der Waals surface area (Å²) < 4.78 is 0. The van der Waals surface area contributed by atoms with E-state index in [-0.39, 0.29) is 16.7 Å². The van der Waals surface area contributed by atoms with E-state index in [1.165, 1.54) is 19.3 Å². The minimum atomic E-state index is 0.134. The molecule has 0 bridgehead atoms. The Bertz CT molecular complexity index is 316. The molecule has 1 saturated heterocycles. The van der Waals surface area contributed by atoms with Gasteiger partial charge in [-0.3, -0.25) is 4.79 Å². The zero-order chi connectivity index (χ0) is 13.3. The summed E-state index contributed by atoms with van der Waals surface area (Å²) in [5, 5.41) is 0.134. The summed E-state index contributed by atoms with van der Waals surface area (Å²) >= 11 is 6.32. The first-order valence-corrected chi connectivity index (χ1v) is 7.78. The highest BCUT2D eigenvalue weighted by molar-refractivity contribution is 6.21. The highest BCUT2D eigenvalue weighted by Crippen LogP contribution is 2.42. The first-order valence-electron chi connectivity index (χ1n) is 7.34. The lowest BCUT2D eigenvalue weighted by Crippen LogP contribution is -2.49. The molecular formula is C15H26ClNO. The first kappa shape index (κ1) is 14.2. The maximum atomic E-state index is 12.7. The summed E-state index contributed by atoms with van der Waals surface area (Å²) in [6, 6.07) is 0. The number of alkyl halides is 1. The van der Waals surface area contributed by atoms with Crippen LogP contribution in [-0.2, 0) is 4.79 Å². The number of hydrogen-bond donors (Lipinski definition) is 0. The van der Waals surface area contributed by atoms with Crippen LogP contribution in [0.1, 0.15) is 52.9 Å². The number of likely N-dealkylation sites (tertiary alicyclic amines) is 1. The molecule has 2 fully saturated rings. The van der Waals surface area contributed by atoms with Crippen molar-refractivity contribution >= 4 is 17.5 Å². The Hall–Kier alpha value is -0.240. The monoisotopic (exact) mass is 271 g/mol. The Kier molecular flexibility index (Phi) is 4.25. The fourth-order valence-corrected chi connectivity index (χ4v) is 3.69. The SMILES string of the molecule is CC1CCN(C(=O)C2CCCCC2(C)C)CC1Cl. The third-order valence-corrected chi connectivity index (χ3v) is 5.55. The molecule has 3 unspecified atom stereocenters. The van der Waals surface area contributed by atoms with E-state index in [0.717, 1.165) is 25.9 Å². The summed E-state index contributed by atoms with van der Waals surface area (Å²) in [7, 11) is 0. The van der Waals surface area contributed by atoms with E-state index in [1.807, 2.05) is 4.90 Å². The molecule has 0 aromatic heterocycles. The lowest BCUT2D eigenvalue weighted by molar-refractivity contribution is -0.142. The summed E-state index contributed by atoms with van der Waals surface area (Å²) in [6.45, 7) is 8.33. The first-order chi connectivity index (χ1) is 8.42. The van der Waals surface area contributed by atoms with Gasteiger partial charge in [0.1, 0.15) is 0 Å². The van der Waals surface area contributed by atoms with Gasteiger partial charge in [0.15, 0.2) is 0 Å². The van der Waals surface area contributed by atoms with Crippen molar-refractivity contribution in [2.75, 3.05) is 13.1 Å². The maximum absolute atomic E-state index is 12.7. The molecule has 1 heterocycles. The average Bonchev–Trinajstić information content (AvgIpc) is 2.31. The van der Waals surface area contributed by atoms with E-state index >= 15 is 0 Å². The molecular weight excluding hydrogens is 246 g/mol. The molecule has 2 aliphatic rings. The van der Waals surface area contributed by atoms with E-state index in [2.05, 4.69) is 20.8 Å². The van der Waals surface area contributed by atoms with Gasteiger partial charge in [0, 0.05) is 19.0 Å². The molecule has 1 aliphatic carbocycles. The van der Waals surface area contributed by atoms with Crippen LogP contribution >= 0.6 is 11.6 Å². The number of nitrogens with zero attached hydrogens (tertiary/aromatic N) is 1. The summed E-state index contributed by atoms with van der Waals surface area (Å²) in [5.41, 5.74) is 0.167. The Morgan fingerprint density at radius 1 is 1.28 bits per heavy atom. The van der Waals surface area contributed by atoms with Crippen LogP contribution in [0.4, 0.5) is 0 Å². The fraction of sp³-hybridized carbons (Fsp3) is 0.933. The van der Waals surface area contributed by atoms with Crippen molar-refractivity contribution in [3.8, 4) is 0 Å². The molecule has 0 N–H and O–H groups in total. The topological polar surface area (TPSA) is 20.3 Å². The van der Waals surface area contributed by atoms with Gasteiger partial charge in [-0.15, -0.1) is 11.6 Å². The van der Waals surface area contributed by atoms with Gasteiger partial charge >= 0.3 is 0 Å². The van der Waals surface area contributed by atoms with Crippen LogP contribution in [0.5, 0.6) is 0 Å². The predicted octanol–water partition coefficient (Wildman–Crippen LogP) is 3.68. The van der Waals surface area contributed by atoms with Crippen molar-refractivity contribution in [3.63, 3.8) is 0 Å². The largest absolute Gasteiger partial charge is 0.341 e. The van der Waals surface area contributed by atoms with E-state index in [0.29, 0.717) is 11.8 Å². The molecule has 2 rings (SSSR count). The van der Waals surface area contributed by atoms with Crippen molar-refractivity contribution in [1.82, 2.24) is 4.90 Å². The third-order valence-electron chi connectivity index (χ3n) is 4.98. The minimum absolute atomic E-state index is 0.134. The van der Waals surface area contributed by atoms with Crippen LogP contribution in [0.3, 0.4) is 0 Å². The number of rotatable bonds is 1. The molecule has 1 amide bonds. The Balaban J connectivity index is 2.02. The second kappa shape index (κ2) is 5.40. The molecule has 0 radical (unpaired) electrons. The number of amides is 1. The van der Waals surface area contributed by atoms with Gasteiger partial charge < -0.3 is 4.90 Å². The lowest BCUT2D eigenvalue weighted by Gasteiger charge is -2.42. The van der Waals surface area contributed by atoms with Gasteiger partial charge in [-0.2, -0.15) is 0 Å². The van der Waals surface area contributed by atoms with Crippen LogP contribution in [0.25, 0.3) is 0 Å². The summed E-state index contributed by atoms with van der Waals surface area (Å²) in [5.74, 6) is 1.11. The van der Waals surface area contributed by atoms with Crippen molar-refractivity contribution in [3.05, 3.63) is 0 Å². The van der Waals surface area contributed by atoms with Gasteiger partial charge in [-0.25, -0.2) is 0 Å². The minimum Gasteiger partial charge on any atom is -0.341 e. The van der Waals surface area contributed by atoms with Crippen LogP contribution < -0.4 is 0 Å². The smallest absolute Gasteiger partial charge is 0.226 e. The number of hydrogen-bond acceptors (Lipinski definition) is 1. The van der Waals surface area contributed by atoms with Crippen molar-refractivity contribution < 1.29 is 4.79 Å². The van der Waals surface area contributed by atoms with Gasteiger partial charge in [0.25, 0.3) is 0 Å². The van der Waals surface area contributed by atoms with Gasteiger partial charge in [-0.1, -0.05) is 33.6 Å². The summed E-state index contributed by atoms with van der Waals surface area (Å²) in [6.07, 6.45) is 5.76. The standard InChI is InChI=1S/C15H26ClNO/c1-11-7-9-17(10-13(11)16)14(18)12-6-4-5-8-15(12,2)3/h11-13H,4-10H2,1-3H3. The van der Waals surface area contributed by atoms with Crippen LogP contribution in [-0.4, -0.2) is 29.3 Å². The van der Waals surface area contributed by atoms with Gasteiger partial charge in [0.2, 0.25) is 5.91 Å². The van der Waals surface area contributed by atoms with Gasteiger partial charge in [0.05, 0.1) is 5.38 Å². The van der Waals surface area contributed by atoms with Crippen molar-refractivity contribution in [2.24, 2.45) is 17.3 Å². The Morgan fingerprint density at radius 3 is 2.61 bits per heavy atom. The molecule has 1 aliphatic heterocycles. The van der Waals surface area contributed by atoms with E-state index in [1.54, 1.807) is 0 Å². The number of carbonyl (C=O) groups is 1. The highest BCUT2D eigenvalue weighted by Gasteiger charge is 2.40. The molecule has 3 heteroatoms. The molecule has 2 nitrogen and oxygen atoms in total. The number of halogens is 1. The normalized spacial score (nSPS) is 36.4. The molecule has 0 spiro atoms. The molecule has 104 valence electrons. The zero-order valence-electron chi connectivity index (χ0n) is 11.9. The quantitative estimate of drug-likeness (QED) is 0.666. The fourth-order valence-electron chi connectivity index (χ4n) is 3.39. The molecule has 0 aromatic rings. The third kappa shape index (κ3) is 2.84. The number of carbonyl (C=O) groups excluding carboxylic acids is 1. The summed E-state index contributed by atoms with van der Waals surface area (Å²) in [4.78, 5) is 14.7. The predicted molar refractivity (Wildman–Crippen MR) is 75.7 cm³/mol. The Morgan fingerprint density at radius 2 is 2.00 bits per heavy atom. The number of piperidine rings is 1. The second-order valence-corrected chi connectivity index (χ2v) is 7.41. The van der Waals surface area contributed by atoms with E-state index < -0.39 is 0 Å². The molecule has 1 saturated carbocycles. The van der Waals surface area contributed by atoms with Crippen LogP contribution in [0.2, 0.25) is 0 Å². The van der Waals surface area contributed by atoms with Crippen molar-refractivity contribution in [2.45, 2.75) is 58.3 Å². The van der Waals surface area contributed by atoms with E-state index in [9.17, 15) is 4.79 Å². The maximum Gasteiger partial charge on any atom is 0.226 e. The molecule has 18 heavy (non-hydrogen) atoms. The molecule has 0 aromatic carbocycles. The van der Waals surface area contributed by atoms with Crippen molar-refractivity contribution in [1.29, 1.82) is 0 Å².